The first-order chi connectivity index (χ1) is 6.34. The molecule has 0 saturated heterocycles. The molecule has 3 aliphatic rings. The van der Waals surface area contributed by atoms with Crippen LogP contribution in [0.1, 0.15) is 44.9 Å². The summed E-state index contributed by atoms with van der Waals surface area (Å²) < 4.78 is 0. The van der Waals surface area contributed by atoms with Gasteiger partial charge in [-0.15, -0.1) is 12.4 Å². The summed E-state index contributed by atoms with van der Waals surface area (Å²) in [6.45, 7) is 0.973. The molecule has 3 rings (SSSR count). The third-order valence-corrected chi connectivity index (χ3v) is 5.33. The van der Waals surface area contributed by atoms with E-state index in [0.717, 1.165) is 24.3 Å². The van der Waals surface area contributed by atoms with Gasteiger partial charge < -0.3 is 5.73 Å². The Balaban J connectivity index is 0.000000750. The molecule has 0 aromatic carbocycles. The quantitative estimate of drug-likeness (QED) is 0.715. The second-order valence-corrected chi connectivity index (χ2v) is 5.69. The molecule has 3 fully saturated rings. The highest BCUT2D eigenvalue weighted by atomic mass is 35.5. The van der Waals surface area contributed by atoms with Gasteiger partial charge in [-0.2, -0.15) is 0 Å². The molecule has 4 atom stereocenters. The third-order valence-electron chi connectivity index (χ3n) is 5.33. The molecule has 3 aliphatic carbocycles. The standard InChI is InChI=1S/C12H21N.ClH/c13-8-12-5-1-2-10(7-12)9-3-4-11(12)6-9;/h9-11H,1-8,13H2;1H. The van der Waals surface area contributed by atoms with E-state index in [1.165, 1.54) is 44.9 Å². The minimum Gasteiger partial charge on any atom is -0.330 e. The largest absolute Gasteiger partial charge is 0.330 e. The van der Waals surface area contributed by atoms with Gasteiger partial charge >= 0.3 is 0 Å². The molecule has 1 nitrogen and oxygen atoms in total. The summed E-state index contributed by atoms with van der Waals surface area (Å²) in [7, 11) is 0. The van der Waals surface area contributed by atoms with E-state index in [9.17, 15) is 0 Å². The first kappa shape index (κ1) is 10.8. The molecule has 4 bridgehead atoms. The third kappa shape index (κ3) is 1.32. The zero-order valence-corrected chi connectivity index (χ0v) is 9.69. The van der Waals surface area contributed by atoms with E-state index in [2.05, 4.69) is 0 Å². The van der Waals surface area contributed by atoms with Crippen LogP contribution in [0.15, 0.2) is 0 Å². The van der Waals surface area contributed by atoms with Gasteiger partial charge in [-0.3, -0.25) is 0 Å². The molecule has 0 spiro atoms. The van der Waals surface area contributed by atoms with Crippen molar-refractivity contribution in [3.05, 3.63) is 0 Å². The summed E-state index contributed by atoms with van der Waals surface area (Å²) in [4.78, 5) is 0. The molecule has 0 heterocycles. The van der Waals surface area contributed by atoms with Crippen molar-refractivity contribution in [2.75, 3.05) is 6.54 Å². The Morgan fingerprint density at radius 1 is 1.14 bits per heavy atom. The minimum absolute atomic E-state index is 0. The molecule has 4 unspecified atom stereocenters. The van der Waals surface area contributed by atoms with Gasteiger partial charge in [0.15, 0.2) is 0 Å². The summed E-state index contributed by atoms with van der Waals surface area (Å²) in [5, 5.41) is 0. The molecule has 82 valence electrons. The molecule has 14 heavy (non-hydrogen) atoms. The molecule has 3 saturated carbocycles. The summed E-state index contributed by atoms with van der Waals surface area (Å²) >= 11 is 0. The van der Waals surface area contributed by atoms with Gasteiger partial charge in [0, 0.05) is 0 Å². The number of nitrogens with two attached hydrogens (primary N) is 1. The zero-order chi connectivity index (χ0) is 8.89. The van der Waals surface area contributed by atoms with E-state index in [0.29, 0.717) is 5.41 Å². The Morgan fingerprint density at radius 2 is 2.00 bits per heavy atom. The van der Waals surface area contributed by atoms with Crippen molar-refractivity contribution >= 4 is 12.4 Å². The molecule has 0 radical (unpaired) electrons. The smallest absolute Gasteiger partial charge is 0.00178 e. The van der Waals surface area contributed by atoms with Gasteiger partial charge in [-0.05, 0) is 61.8 Å². The Morgan fingerprint density at radius 3 is 2.79 bits per heavy atom. The second kappa shape index (κ2) is 3.68. The molecule has 0 aliphatic heterocycles. The van der Waals surface area contributed by atoms with Crippen molar-refractivity contribution in [3.63, 3.8) is 0 Å². The molecule has 2 N–H and O–H groups in total. The zero-order valence-electron chi connectivity index (χ0n) is 8.87. The number of fused-ring (bicyclic) bond motifs is 6. The van der Waals surface area contributed by atoms with Crippen LogP contribution in [0.25, 0.3) is 0 Å². The number of hydrogen-bond acceptors (Lipinski definition) is 1. The van der Waals surface area contributed by atoms with Crippen molar-refractivity contribution in [1.29, 1.82) is 0 Å². The molecular formula is C12H22ClN. The highest BCUT2D eigenvalue weighted by Crippen LogP contribution is 2.60. The predicted molar refractivity (Wildman–Crippen MR) is 61.5 cm³/mol. The van der Waals surface area contributed by atoms with E-state index in [4.69, 9.17) is 5.73 Å². The van der Waals surface area contributed by atoms with Crippen LogP contribution in [0.3, 0.4) is 0 Å². The monoisotopic (exact) mass is 215 g/mol. The Bertz CT molecular complexity index is 218. The lowest BCUT2D eigenvalue weighted by Gasteiger charge is -2.49. The van der Waals surface area contributed by atoms with Crippen LogP contribution in [0, 0.1) is 23.2 Å². The highest BCUT2D eigenvalue weighted by Gasteiger charge is 2.51. The van der Waals surface area contributed by atoms with Gasteiger partial charge in [0.05, 0.1) is 0 Å². The van der Waals surface area contributed by atoms with Crippen molar-refractivity contribution in [2.45, 2.75) is 44.9 Å². The minimum atomic E-state index is 0. The van der Waals surface area contributed by atoms with E-state index in [-0.39, 0.29) is 12.4 Å². The van der Waals surface area contributed by atoms with Crippen LogP contribution >= 0.6 is 12.4 Å². The highest BCUT2D eigenvalue weighted by molar-refractivity contribution is 5.85. The molecule has 2 heteroatoms. The van der Waals surface area contributed by atoms with Crippen molar-refractivity contribution in [2.24, 2.45) is 28.9 Å². The summed E-state index contributed by atoms with van der Waals surface area (Å²) in [5.41, 5.74) is 6.64. The lowest BCUT2D eigenvalue weighted by atomic mass is 9.57. The molecule has 0 aromatic heterocycles. The topological polar surface area (TPSA) is 26.0 Å². The van der Waals surface area contributed by atoms with Gasteiger partial charge in [0.1, 0.15) is 0 Å². The van der Waals surface area contributed by atoms with E-state index in [1.54, 1.807) is 0 Å². The maximum atomic E-state index is 6.03. The Hall–Kier alpha value is 0.250. The van der Waals surface area contributed by atoms with Gasteiger partial charge in [0.25, 0.3) is 0 Å². The van der Waals surface area contributed by atoms with E-state index < -0.39 is 0 Å². The van der Waals surface area contributed by atoms with Crippen molar-refractivity contribution < 1.29 is 0 Å². The van der Waals surface area contributed by atoms with E-state index >= 15 is 0 Å². The lowest BCUT2D eigenvalue weighted by molar-refractivity contribution is 0.0201. The second-order valence-electron chi connectivity index (χ2n) is 5.69. The maximum absolute atomic E-state index is 6.03. The first-order valence-electron chi connectivity index (χ1n) is 6.04. The average molecular weight is 216 g/mol. The predicted octanol–water partition coefficient (Wildman–Crippen LogP) is 2.97. The average Bonchev–Trinajstić information content (AvgIpc) is 2.63. The summed E-state index contributed by atoms with van der Waals surface area (Å²) in [6.07, 6.45) is 10.5. The van der Waals surface area contributed by atoms with Gasteiger partial charge in [-0.1, -0.05) is 12.8 Å². The molecule has 0 amide bonds. The van der Waals surface area contributed by atoms with Crippen LogP contribution in [-0.4, -0.2) is 6.54 Å². The van der Waals surface area contributed by atoms with Crippen LogP contribution in [-0.2, 0) is 0 Å². The Labute approximate surface area is 93.2 Å². The van der Waals surface area contributed by atoms with Crippen LogP contribution in [0.2, 0.25) is 0 Å². The SMILES string of the molecule is Cl.NCC12CCCC(C1)C1CCC2C1. The molecular weight excluding hydrogens is 194 g/mol. The Kier molecular flexibility index (Phi) is 2.83. The fourth-order valence-electron chi connectivity index (χ4n) is 4.57. The number of rotatable bonds is 1. The number of hydrogen-bond donors (Lipinski definition) is 1. The first-order valence-corrected chi connectivity index (χ1v) is 6.04. The van der Waals surface area contributed by atoms with Crippen LogP contribution < -0.4 is 5.73 Å². The summed E-state index contributed by atoms with van der Waals surface area (Å²) in [6, 6.07) is 0. The van der Waals surface area contributed by atoms with Gasteiger partial charge in [-0.25, -0.2) is 0 Å². The van der Waals surface area contributed by atoms with Crippen molar-refractivity contribution in [1.82, 2.24) is 0 Å². The fraction of sp³-hybridized carbons (Fsp3) is 1.00. The maximum Gasteiger partial charge on any atom is -0.00178 e. The molecule has 0 aromatic rings. The number of halogens is 1. The van der Waals surface area contributed by atoms with Crippen LogP contribution in [0.5, 0.6) is 0 Å². The fourth-order valence-corrected chi connectivity index (χ4v) is 4.57. The lowest BCUT2D eigenvalue weighted by Crippen LogP contribution is -2.45. The summed E-state index contributed by atoms with van der Waals surface area (Å²) in [5.74, 6) is 3.18. The van der Waals surface area contributed by atoms with Crippen molar-refractivity contribution in [3.8, 4) is 0 Å². The van der Waals surface area contributed by atoms with Crippen LogP contribution in [0.4, 0.5) is 0 Å². The van der Waals surface area contributed by atoms with E-state index in [1.807, 2.05) is 0 Å². The normalized spacial score (nSPS) is 49.9. The van der Waals surface area contributed by atoms with Gasteiger partial charge in [0.2, 0.25) is 0 Å².